The summed E-state index contributed by atoms with van der Waals surface area (Å²) in [6.45, 7) is 6.91. The number of likely N-dealkylation sites (tertiary alicyclic amines) is 1. The number of amides is 1. The van der Waals surface area contributed by atoms with E-state index in [1.807, 2.05) is 20.0 Å². The van der Waals surface area contributed by atoms with Crippen molar-refractivity contribution in [2.45, 2.75) is 84.6 Å². The molecule has 3 heterocycles. The second-order valence-corrected chi connectivity index (χ2v) is 8.66. The fourth-order valence-electron chi connectivity index (χ4n) is 4.80. The van der Waals surface area contributed by atoms with Gasteiger partial charge in [0.15, 0.2) is 5.76 Å². The molecule has 0 spiro atoms. The predicted molar refractivity (Wildman–Crippen MR) is 111 cm³/mol. The van der Waals surface area contributed by atoms with E-state index in [1.165, 1.54) is 25.7 Å². The summed E-state index contributed by atoms with van der Waals surface area (Å²) in [5, 5.41) is 4.13. The van der Waals surface area contributed by atoms with E-state index >= 15 is 0 Å². The summed E-state index contributed by atoms with van der Waals surface area (Å²) in [5.41, 5.74) is 3.71. The highest BCUT2D eigenvalue weighted by molar-refractivity contribution is 5.78. The zero-order valence-corrected chi connectivity index (χ0v) is 17.9. The van der Waals surface area contributed by atoms with E-state index in [1.54, 1.807) is 0 Å². The van der Waals surface area contributed by atoms with Crippen molar-refractivity contribution < 1.29 is 9.32 Å². The van der Waals surface area contributed by atoms with Crippen LogP contribution < -0.4 is 0 Å². The summed E-state index contributed by atoms with van der Waals surface area (Å²) >= 11 is 0. The summed E-state index contributed by atoms with van der Waals surface area (Å²) in [7, 11) is 0. The van der Waals surface area contributed by atoms with Crippen LogP contribution in [0.1, 0.15) is 87.1 Å². The first-order chi connectivity index (χ1) is 14.1. The van der Waals surface area contributed by atoms with Crippen molar-refractivity contribution in [2.75, 3.05) is 6.54 Å². The van der Waals surface area contributed by atoms with Crippen molar-refractivity contribution in [2.24, 2.45) is 5.92 Å². The van der Waals surface area contributed by atoms with Crippen LogP contribution in [0.5, 0.6) is 0 Å². The molecule has 4 rings (SSSR count). The van der Waals surface area contributed by atoms with Crippen molar-refractivity contribution in [3.63, 3.8) is 0 Å². The number of nitrogens with zero attached hydrogens (tertiary/aromatic N) is 4. The molecule has 0 radical (unpaired) electrons. The molecule has 1 aliphatic carbocycles. The molecule has 2 aromatic heterocycles. The second-order valence-electron chi connectivity index (χ2n) is 8.66. The largest absolute Gasteiger partial charge is 0.356 e. The van der Waals surface area contributed by atoms with Gasteiger partial charge in [-0.2, -0.15) is 0 Å². The minimum Gasteiger partial charge on any atom is -0.356 e. The fourth-order valence-corrected chi connectivity index (χ4v) is 4.80. The van der Waals surface area contributed by atoms with Gasteiger partial charge in [0.05, 0.1) is 23.0 Å². The molecule has 0 N–H and O–H groups in total. The fraction of sp³-hybridized carbons (Fsp3) is 0.652. The average molecular weight is 397 g/mol. The summed E-state index contributed by atoms with van der Waals surface area (Å²) in [6.07, 6.45) is 11.3. The second kappa shape index (κ2) is 8.64. The van der Waals surface area contributed by atoms with Crippen molar-refractivity contribution in [1.29, 1.82) is 0 Å². The van der Waals surface area contributed by atoms with Gasteiger partial charge >= 0.3 is 0 Å². The van der Waals surface area contributed by atoms with Crippen LogP contribution in [-0.4, -0.2) is 32.5 Å². The molecule has 0 unspecified atom stereocenters. The summed E-state index contributed by atoms with van der Waals surface area (Å²) in [4.78, 5) is 24.8. The Morgan fingerprint density at radius 1 is 1.21 bits per heavy atom. The molecule has 6 heteroatoms. The molecule has 1 saturated heterocycles. The molecule has 156 valence electrons. The lowest BCUT2D eigenvalue weighted by atomic mass is 9.99. The monoisotopic (exact) mass is 396 g/mol. The number of aryl methyl sites for hydroxylation is 2. The lowest BCUT2D eigenvalue weighted by Crippen LogP contribution is -2.32. The zero-order valence-electron chi connectivity index (χ0n) is 17.9. The Labute approximate surface area is 173 Å². The van der Waals surface area contributed by atoms with E-state index in [4.69, 9.17) is 9.51 Å². The van der Waals surface area contributed by atoms with E-state index in [9.17, 15) is 4.79 Å². The quantitative estimate of drug-likeness (QED) is 0.691. The van der Waals surface area contributed by atoms with Crippen LogP contribution in [0.3, 0.4) is 0 Å². The molecule has 1 saturated carbocycles. The lowest BCUT2D eigenvalue weighted by molar-refractivity contribution is -0.133. The number of hydrogen-bond donors (Lipinski definition) is 0. The Kier molecular flexibility index (Phi) is 5.97. The molecule has 1 amide bonds. The van der Waals surface area contributed by atoms with E-state index in [-0.39, 0.29) is 11.9 Å². The average Bonchev–Trinajstić information content (AvgIpc) is 3.45. The number of rotatable bonds is 6. The molecule has 6 nitrogen and oxygen atoms in total. The van der Waals surface area contributed by atoms with E-state index in [2.05, 4.69) is 22.0 Å². The number of aromatic nitrogens is 3. The Balaban J connectivity index is 1.68. The first kappa shape index (κ1) is 20.0. The van der Waals surface area contributed by atoms with Gasteiger partial charge in [-0.05, 0) is 51.9 Å². The number of carbonyl (C=O) groups excluding carboxylic acids is 1. The molecule has 0 aromatic carbocycles. The first-order valence-electron chi connectivity index (χ1n) is 11.2. The maximum absolute atomic E-state index is 13.2. The van der Waals surface area contributed by atoms with Crippen LogP contribution in [0.2, 0.25) is 0 Å². The summed E-state index contributed by atoms with van der Waals surface area (Å²) in [6, 6.07) is 0.00214. The first-order valence-corrected chi connectivity index (χ1v) is 11.2. The lowest BCUT2D eigenvalue weighted by Gasteiger charge is -2.27. The molecule has 0 bridgehead atoms. The van der Waals surface area contributed by atoms with Crippen LogP contribution in [0.25, 0.3) is 11.3 Å². The van der Waals surface area contributed by atoms with Crippen molar-refractivity contribution in [3.8, 4) is 11.3 Å². The molecular weight excluding hydrogens is 364 g/mol. The van der Waals surface area contributed by atoms with Crippen LogP contribution in [0.4, 0.5) is 0 Å². The van der Waals surface area contributed by atoms with Gasteiger partial charge in [0.2, 0.25) is 5.91 Å². The topological polar surface area (TPSA) is 72.1 Å². The van der Waals surface area contributed by atoms with Gasteiger partial charge in [-0.25, -0.2) is 9.97 Å². The molecule has 29 heavy (non-hydrogen) atoms. The maximum atomic E-state index is 13.2. The Bertz CT molecular complexity index is 870. The van der Waals surface area contributed by atoms with Gasteiger partial charge in [0.25, 0.3) is 0 Å². The van der Waals surface area contributed by atoms with Crippen LogP contribution in [-0.2, 0) is 11.2 Å². The smallest absolute Gasteiger partial charge is 0.223 e. The van der Waals surface area contributed by atoms with Gasteiger partial charge in [0.1, 0.15) is 5.82 Å². The van der Waals surface area contributed by atoms with Gasteiger partial charge in [-0.3, -0.25) is 4.79 Å². The molecule has 2 fully saturated rings. The molecule has 1 atom stereocenters. The van der Waals surface area contributed by atoms with Gasteiger partial charge in [0, 0.05) is 31.1 Å². The van der Waals surface area contributed by atoms with E-state index in [0.29, 0.717) is 12.3 Å². The third kappa shape index (κ3) is 4.07. The van der Waals surface area contributed by atoms with Gasteiger partial charge < -0.3 is 9.42 Å². The zero-order chi connectivity index (χ0) is 20.4. The molecular formula is C23H32N4O2. The van der Waals surface area contributed by atoms with Crippen molar-refractivity contribution >= 4 is 5.91 Å². The third-order valence-electron chi connectivity index (χ3n) is 6.57. The SMILES string of the molecule is CCCc1ncc(-c2onc(C)c2C)c([C@@H]2CCCN2C(=O)CC2CCCC2)n1. The minimum atomic E-state index is 0.00214. The number of carbonyl (C=O) groups is 1. The van der Waals surface area contributed by atoms with Gasteiger partial charge in [-0.15, -0.1) is 0 Å². The molecule has 2 aromatic rings. The van der Waals surface area contributed by atoms with E-state index < -0.39 is 0 Å². The maximum Gasteiger partial charge on any atom is 0.223 e. The molecule has 2 aliphatic rings. The van der Waals surface area contributed by atoms with Crippen molar-refractivity contribution in [3.05, 3.63) is 29.0 Å². The highest BCUT2D eigenvalue weighted by Crippen LogP contribution is 2.39. The third-order valence-corrected chi connectivity index (χ3v) is 6.57. The summed E-state index contributed by atoms with van der Waals surface area (Å²) < 4.78 is 5.65. The standard InChI is InChI=1S/C23H32N4O2/c1-4-8-20-24-14-18(23-15(2)16(3)26-29-23)22(25-20)19-11-7-12-27(19)21(28)13-17-9-5-6-10-17/h14,17,19H,4-13H2,1-3H3/t19-/m0/s1. The summed E-state index contributed by atoms with van der Waals surface area (Å²) in [5.74, 6) is 2.42. The predicted octanol–water partition coefficient (Wildman–Crippen LogP) is 4.94. The highest BCUT2D eigenvalue weighted by atomic mass is 16.5. The highest BCUT2D eigenvalue weighted by Gasteiger charge is 2.35. The minimum absolute atomic E-state index is 0.00214. The van der Waals surface area contributed by atoms with Gasteiger partial charge in [-0.1, -0.05) is 24.9 Å². The molecule has 1 aliphatic heterocycles. The normalized spacial score (nSPS) is 20.0. The Hall–Kier alpha value is -2.24. The number of hydrogen-bond acceptors (Lipinski definition) is 5. The van der Waals surface area contributed by atoms with Crippen LogP contribution >= 0.6 is 0 Å². The Morgan fingerprint density at radius 2 is 2.00 bits per heavy atom. The van der Waals surface area contributed by atoms with Crippen LogP contribution in [0.15, 0.2) is 10.7 Å². The van der Waals surface area contributed by atoms with E-state index in [0.717, 1.165) is 66.3 Å². The Morgan fingerprint density at radius 3 is 2.69 bits per heavy atom. The van der Waals surface area contributed by atoms with Crippen LogP contribution in [0, 0.1) is 19.8 Å². The van der Waals surface area contributed by atoms with Crippen molar-refractivity contribution in [1.82, 2.24) is 20.0 Å².